The molecule has 3 aliphatic carbocycles. The molecule has 0 saturated carbocycles. The fourth-order valence-electron chi connectivity index (χ4n) is 22.5. The summed E-state index contributed by atoms with van der Waals surface area (Å²) >= 11 is 0. The van der Waals surface area contributed by atoms with E-state index in [-0.39, 0.29) is 32.5 Å². The van der Waals surface area contributed by atoms with Gasteiger partial charge >= 0.3 is 0 Å². The summed E-state index contributed by atoms with van der Waals surface area (Å²) in [5.41, 5.74) is 33.9. The van der Waals surface area contributed by atoms with Crippen LogP contribution in [0.2, 0.25) is 0 Å². The van der Waals surface area contributed by atoms with Crippen LogP contribution in [0.25, 0.3) is 228 Å². The van der Waals surface area contributed by atoms with Crippen molar-refractivity contribution in [2.24, 2.45) is 0 Å². The molecule has 17 aromatic carbocycles. The van der Waals surface area contributed by atoms with E-state index in [1.807, 2.05) is 121 Å². The molecule has 660 valence electrons. The van der Waals surface area contributed by atoms with Gasteiger partial charge in [0.15, 0.2) is 34.9 Å². The number of fused-ring (bicyclic) bond motifs is 27. The average molecular weight is 1770 g/mol. The summed E-state index contributed by atoms with van der Waals surface area (Å²) in [7, 11) is 0. The maximum Gasteiger partial charge on any atom is 0.164 e. The molecular weight excluding hydrogens is 1680 g/mol. The fraction of sp³-hybridized carbons (Fsp3) is 0.143. The van der Waals surface area contributed by atoms with Crippen molar-refractivity contribution in [3.8, 4) is 119 Å². The van der Waals surface area contributed by atoms with Gasteiger partial charge in [-0.25, -0.2) is 29.9 Å². The number of benzene rings is 17. The zero-order chi connectivity index (χ0) is 92.9. The van der Waals surface area contributed by atoms with Crippen LogP contribution in [-0.2, 0) is 32.5 Å². The fourth-order valence-corrected chi connectivity index (χ4v) is 22.5. The number of rotatable bonds is 8. The first-order chi connectivity index (χ1) is 66.5. The molecule has 0 aliphatic heterocycles. The van der Waals surface area contributed by atoms with Gasteiger partial charge < -0.3 is 22.2 Å². The molecule has 24 aromatic rings. The molecule has 0 unspecified atom stereocenters. The van der Waals surface area contributed by atoms with Crippen LogP contribution < -0.4 is 0 Å². The van der Waals surface area contributed by atoms with Crippen LogP contribution in [0.3, 0.4) is 0 Å². The lowest BCUT2D eigenvalue weighted by Gasteiger charge is -2.48. The van der Waals surface area contributed by atoms with E-state index < -0.39 is 0 Å². The molecule has 137 heavy (non-hydrogen) atoms. The highest BCUT2D eigenvalue weighted by atomic mass is 16.3. The second-order valence-electron chi connectivity index (χ2n) is 40.3. The Morgan fingerprint density at radius 2 is 0.547 bits per heavy atom. The monoisotopic (exact) mass is 1770 g/mol. The highest BCUT2D eigenvalue weighted by molar-refractivity contribution is 6.17. The normalized spacial score (nSPS) is 14.9. The zero-order valence-corrected chi connectivity index (χ0v) is 78.5. The van der Waals surface area contributed by atoms with Gasteiger partial charge in [-0.2, -0.15) is 0 Å². The molecule has 0 fully saturated rings. The number of hydrogen-bond acceptors (Lipinski definition) is 10. The number of hydrogen-bond donors (Lipinski definition) is 0. The molecular formula is C126H97N7O4. The standard InChI is InChI=1S/C45H33N3O2.C42H33NO.C39H31N3O/c1-44(2)34-18-10-8-15-28(34)29-22-23-30-33-25-27(21-24-36(33)50-40(30)39(29)45(44,3)4)42-46-41(26-13-6-5-7-14-26)47-43(48-42)32-17-12-20-37-38(32)31-16-9-11-19-35(31)49-37;1-41(2)33-14-8-5-13-31(33)39-34(42(41,3)4)22-24-38-40(39)32-25-27(19-23-37(32)44-38)26-17-20-28(21-18-26)43-35-15-9-6-11-29(35)30-12-7-10-16-36(30)43;1-38(2)31-18-12-11-17-27(31)28-20-21-29-30-23-26(19-22-32(30)43-34(29)33(28)39(38,3)4)37-41-35(24-13-7-5-8-14-24)40-36(42-37)25-15-9-6-10-16-25/h5-25H,1-4H3;5-25H,1-4H3;5-23H,1-4H3. The molecule has 0 N–H and O–H groups in total. The molecule has 7 aromatic heterocycles. The van der Waals surface area contributed by atoms with Gasteiger partial charge in [-0.15, -0.1) is 0 Å². The summed E-state index contributed by atoms with van der Waals surface area (Å²) in [5.74, 6) is 3.75. The van der Waals surface area contributed by atoms with Crippen LogP contribution in [-0.4, -0.2) is 34.5 Å². The maximum absolute atomic E-state index is 6.79. The van der Waals surface area contributed by atoms with Gasteiger partial charge in [0.1, 0.15) is 44.7 Å². The minimum atomic E-state index is -0.182. The first-order valence-electron chi connectivity index (χ1n) is 47.4. The minimum Gasteiger partial charge on any atom is -0.456 e. The van der Waals surface area contributed by atoms with Crippen LogP contribution in [0.5, 0.6) is 0 Å². The van der Waals surface area contributed by atoms with E-state index in [4.69, 9.17) is 47.6 Å². The van der Waals surface area contributed by atoms with Crippen LogP contribution >= 0.6 is 0 Å². The third-order valence-electron chi connectivity index (χ3n) is 31.7. The Morgan fingerprint density at radius 1 is 0.197 bits per heavy atom. The van der Waals surface area contributed by atoms with Crippen molar-refractivity contribution in [1.29, 1.82) is 0 Å². The summed E-state index contributed by atoms with van der Waals surface area (Å²) in [6.07, 6.45) is 0. The second kappa shape index (κ2) is 30.6. The molecule has 0 saturated heterocycles. The van der Waals surface area contributed by atoms with Crippen molar-refractivity contribution in [3.63, 3.8) is 0 Å². The number of nitrogens with zero attached hydrogens (tertiary/aromatic N) is 7. The lowest BCUT2D eigenvalue weighted by atomic mass is 9.55. The number of furan rings is 4. The molecule has 7 heterocycles. The van der Waals surface area contributed by atoms with Gasteiger partial charge in [-0.3, -0.25) is 0 Å². The summed E-state index contributed by atoms with van der Waals surface area (Å²) in [4.78, 5) is 30.0. The highest BCUT2D eigenvalue weighted by Crippen LogP contribution is 2.61. The smallest absolute Gasteiger partial charge is 0.164 e. The van der Waals surface area contributed by atoms with Crippen molar-refractivity contribution in [1.82, 2.24) is 34.5 Å². The molecule has 0 bridgehead atoms. The lowest BCUT2D eigenvalue weighted by Crippen LogP contribution is -2.43. The SMILES string of the molecule is CC1(C)c2ccccc2-c2c(ccc3oc4ccc(-c5ccc(-n6c7ccccc7c7ccccc76)cc5)cc4c23)C1(C)C.CC1(C)c2ccccc2-c2ccc3c(oc4ccc(-c5nc(-c6ccccc6)nc(-c6cccc7oc8ccccc8c67)n5)cc43)c2C1(C)C.CC1(C)c2ccccc2-c2ccc3c(oc4ccc(-c5nc(-c6ccccc6)nc(-c6ccccc6)n5)cc43)c2C1(C)C. The number of para-hydroxylation sites is 3. The zero-order valence-electron chi connectivity index (χ0n) is 78.5. The van der Waals surface area contributed by atoms with Crippen molar-refractivity contribution in [2.45, 2.75) is 116 Å². The quantitative estimate of drug-likeness (QED) is 0.145. The first-order valence-corrected chi connectivity index (χ1v) is 47.4. The topological polar surface area (TPSA) is 135 Å². The van der Waals surface area contributed by atoms with E-state index in [0.29, 0.717) is 34.9 Å². The van der Waals surface area contributed by atoms with Gasteiger partial charge in [0, 0.05) is 115 Å². The molecule has 27 rings (SSSR count). The van der Waals surface area contributed by atoms with Crippen molar-refractivity contribution in [2.75, 3.05) is 0 Å². The summed E-state index contributed by atoms with van der Waals surface area (Å²) < 4.78 is 28.6. The van der Waals surface area contributed by atoms with Gasteiger partial charge in [-0.1, -0.05) is 350 Å². The van der Waals surface area contributed by atoms with Gasteiger partial charge in [0.05, 0.1) is 11.0 Å². The largest absolute Gasteiger partial charge is 0.456 e. The lowest BCUT2D eigenvalue weighted by molar-refractivity contribution is 0.299. The van der Waals surface area contributed by atoms with E-state index in [0.717, 1.165) is 116 Å². The van der Waals surface area contributed by atoms with Crippen LogP contribution in [0.4, 0.5) is 0 Å². The predicted octanol–water partition coefficient (Wildman–Crippen LogP) is 33.5. The van der Waals surface area contributed by atoms with E-state index in [9.17, 15) is 0 Å². The third-order valence-corrected chi connectivity index (χ3v) is 31.7. The molecule has 0 spiro atoms. The van der Waals surface area contributed by atoms with E-state index in [2.05, 4.69) is 336 Å². The van der Waals surface area contributed by atoms with Gasteiger partial charge in [-0.05, 0) is 192 Å². The van der Waals surface area contributed by atoms with Crippen LogP contribution in [0, 0.1) is 0 Å². The minimum absolute atomic E-state index is 0.00686. The van der Waals surface area contributed by atoms with Crippen molar-refractivity contribution < 1.29 is 17.7 Å². The highest BCUT2D eigenvalue weighted by Gasteiger charge is 2.51. The van der Waals surface area contributed by atoms with E-state index in [1.54, 1.807) is 0 Å². The van der Waals surface area contributed by atoms with Crippen molar-refractivity contribution in [3.05, 3.63) is 403 Å². The van der Waals surface area contributed by atoms with Gasteiger partial charge in [0.2, 0.25) is 0 Å². The predicted molar refractivity (Wildman–Crippen MR) is 562 cm³/mol. The Kier molecular flexibility index (Phi) is 18.5. The summed E-state index contributed by atoms with van der Waals surface area (Å²) in [5, 5.41) is 11.3. The molecule has 11 nitrogen and oxygen atoms in total. The number of aromatic nitrogens is 7. The first kappa shape index (κ1) is 82.7. The summed E-state index contributed by atoms with van der Waals surface area (Å²) in [6, 6.07) is 130. The van der Waals surface area contributed by atoms with Crippen molar-refractivity contribution >= 4 is 110 Å². The Bertz CT molecular complexity index is 8980. The molecule has 0 radical (unpaired) electrons. The Hall–Kier alpha value is -16.2. The molecule has 0 atom stereocenters. The van der Waals surface area contributed by atoms with Crippen LogP contribution in [0.15, 0.2) is 388 Å². The molecule has 11 heteroatoms. The maximum atomic E-state index is 6.79. The van der Waals surface area contributed by atoms with Gasteiger partial charge in [0.25, 0.3) is 0 Å². The average Bonchev–Trinajstić information content (AvgIpc) is 1.68. The van der Waals surface area contributed by atoms with E-state index >= 15 is 0 Å². The second-order valence-corrected chi connectivity index (χ2v) is 40.3. The Morgan fingerprint density at radius 3 is 1.05 bits per heavy atom. The van der Waals surface area contributed by atoms with E-state index in [1.165, 1.54) is 110 Å². The Balaban J connectivity index is 0.000000110. The summed E-state index contributed by atoms with van der Waals surface area (Å²) in [6.45, 7) is 28.3. The Labute approximate surface area is 793 Å². The molecule has 0 amide bonds. The third kappa shape index (κ3) is 12.6. The molecule has 3 aliphatic rings. The van der Waals surface area contributed by atoms with Crippen LogP contribution in [0.1, 0.15) is 116 Å².